The predicted octanol–water partition coefficient (Wildman–Crippen LogP) is 3.51. The monoisotopic (exact) mass is 146 g/mol. The van der Waals surface area contributed by atoms with Crippen LogP contribution in [0.15, 0.2) is 24.3 Å². The van der Waals surface area contributed by atoms with Crippen molar-refractivity contribution in [3.63, 3.8) is 0 Å². The number of halogens is 2. The fourth-order valence-corrected chi connectivity index (χ4v) is 0.610. The van der Waals surface area contributed by atoms with Gasteiger partial charge < -0.3 is 0 Å². The molecule has 0 saturated heterocycles. The Morgan fingerprint density at radius 1 is 1.50 bits per heavy atom. The van der Waals surface area contributed by atoms with Gasteiger partial charge in [-0.25, -0.2) is 8.78 Å². The van der Waals surface area contributed by atoms with E-state index < -0.39 is 5.83 Å². The number of unbranched alkanes of at least 4 members (excludes halogenated alkanes) is 1. The topological polar surface area (TPSA) is 0 Å². The van der Waals surface area contributed by atoms with Gasteiger partial charge in [0.2, 0.25) is 0 Å². The van der Waals surface area contributed by atoms with E-state index in [2.05, 4.69) is 0 Å². The zero-order valence-corrected chi connectivity index (χ0v) is 6.11. The van der Waals surface area contributed by atoms with E-state index >= 15 is 0 Å². The number of rotatable bonds is 4. The Bertz CT molecular complexity index is 125. The molecule has 0 atom stereocenters. The van der Waals surface area contributed by atoms with Gasteiger partial charge in [0.15, 0.2) is 0 Å². The molecule has 0 fully saturated rings. The van der Waals surface area contributed by atoms with Crippen molar-refractivity contribution in [1.29, 1.82) is 0 Å². The maximum absolute atomic E-state index is 12.0. The Morgan fingerprint density at radius 3 is 2.70 bits per heavy atom. The fourth-order valence-electron chi connectivity index (χ4n) is 0.610. The standard InChI is InChI=1S/C8H12F2/c1-2-3-4-5-6-8(10)7-9/h2-3,7H,4-6H2,1H3/b3-2+,8-7-. The number of hydrogen-bond donors (Lipinski definition) is 0. The molecule has 0 aliphatic heterocycles. The highest BCUT2D eigenvalue weighted by Crippen LogP contribution is 2.08. The summed E-state index contributed by atoms with van der Waals surface area (Å²) >= 11 is 0. The molecule has 0 aromatic carbocycles. The van der Waals surface area contributed by atoms with Gasteiger partial charge in [0.1, 0.15) is 12.2 Å². The van der Waals surface area contributed by atoms with Crippen LogP contribution in [0.4, 0.5) is 8.78 Å². The Balaban J connectivity index is 3.20. The average Bonchev–Trinajstić information content (AvgIpc) is 1.98. The highest BCUT2D eigenvalue weighted by atomic mass is 19.2. The van der Waals surface area contributed by atoms with Gasteiger partial charge in [-0.1, -0.05) is 12.2 Å². The first-order chi connectivity index (χ1) is 4.81. The Labute approximate surface area is 60.2 Å². The molecule has 0 spiro atoms. The second kappa shape index (κ2) is 6.46. The van der Waals surface area contributed by atoms with Crippen LogP contribution in [0.5, 0.6) is 0 Å². The van der Waals surface area contributed by atoms with Gasteiger partial charge in [-0.15, -0.1) is 0 Å². The highest BCUT2D eigenvalue weighted by Gasteiger charge is 1.91. The zero-order valence-electron chi connectivity index (χ0n) is 6.11. The number of allylic oxidation sites excluding steroid dienone is 3. The van der Waals surface area contributed by atoms with Crippen molar-refractivity contribution in [3.05, 3.63) is 24.3 Å². The SMILES string of the molecule is C/C=C/CCC/C(F)=C/F. The minimum absolute atomic E-state index is 0.0235. The second-order valence-electron chi connectivity index (χ2n) is 2.02. The van der Waals surface area contributed by atoms with Gasteiger partial charge >= 0.3 is 0 Å². The lowest BCUT2D eigenvalue weighted by Crippen LogP contribution is -1.73. The zero-order chi connectivity index (χ0) is 7.82. The van der Waals surface area contributed by atoms with Crippen LogP contribution in [0.2, 0.25) is 0 Å². The lowest BCUT2D eigenvalue weighted by atomic mass is 10.2. The molecule has 0 heterocycles. The van der Waals surface area contributed by atoms with Crippen LogP contribution in [0.25, 0.3) is 0 Å². The van der Waals surface area contributed by atoms with Crippen molar-refractivity contribution < 1.29 is 8.78 Å². The maximum Gasteiger partial charge on any atom is 0.128 e. The number of hydrogen-bond acceptors (Lipinski definition) is 0. The van der Waals surface area contributed by atoms with Gasteiger partial charge in [0.05, 0.1) is 0 Å². The van der Waals surface area contributed by atoms with Gasteiger partial charge in [0.25, 0.3) is 0 Å². The van der Waals surface area contributed by atoms with Crippen molar-refractivity contribution in [1.82, 2.24) is 0 Å². The van der Waals surface area contributed by atoms with Crippen LogP contribution in [0, 0.1) is 0 Å². The minimum atomic E-state index is -0.662. The van der Waals surface area contributed by atoms with E-state index in [1.165, 1.54) is 0 Å². The first-order valence-corrected chi connectivity index (χ1v) is 3.37. The van der Waals surface area contributed by atoms with Crippen molar-refractivity contribution >= 4 is 0 Å². The molecular formula is C8H12F2. The molecule has 10 heavy (non-hydrogen) atoms. The molecule has 0 rings (SSSR count). The largest absolute Gasteiger partial charge is 0.213 e. The van der Waals surface area contributed by atoms with E-state index in [-0.39, 0.29) is 12.8 Å². The highest BCUT2D eigenvalue weighted by molar-refractivity contribution is 4.86. The third kappa shape index (κ3) is 5.48. The Hall–Kier alpha value is -0.660. The van der Waals surface area contributed by atoms with Gasteiger partial charge in [-0.3, -0.25) is 0 Å². The van der Waals surface area contributed by atoms with Crippen LogP contribution < -0.4 is 0 Å². The van der Waals surface area contributed by atoms with Gasteiger partial charge in [0, 0.05) is 6.42 Å². The lowest BCUT2D eigenvalue weighted by Gasteiger charge is -1.90. The van der Waals surface area contributed by atoms with Crippen molar-refractivity contribution in [2.24, 2.45) is 0 Å². The molecule has 0 aliphatic rings. The van der Waals surface area contributed by atoms with E-state index in [0.717, 1.165) is 6.42 Å². The van der Waals surface area contributed by atoms with Crippen LogP contribution in [0.1, 0.15) is 26.2 Å². The summed E-state index contributed by atoms with van der Waals surface area (Å²) in [4.78, 5) is 0. The second-order valence-corrected chi connectivity index (χ2v) is 2.02. The van der Waals surface area contributed by atoms with Crippen molar-refractivity contribution in [2.45, 2.75) is 26.2 Å². The molecular weight excluding hydrogens is 134 g/mol. The summed E-state index contributed by atoms with van der Waals surface area (Å²) < 4.78 is 23.4. The van der Waals surface area contributed by atoms with Crippen molar-refractivity contribution in [3.8, 4) is 0 Å². The smallest absolute Gasteiger partial charge is 0.128 e. The van der Waals surface area contributed by atoms with E-state index in [9.17, 15) is 8.78 Å². The molecule has 0 aromatic heterocycles. The third-order valence-corrected chi connectivity index (χ3v) is 1.14. The van der Waals surface area contributed by atoms with Crippen molar-refractivity contribution in [2.75, 3.05) is 0 Å². The minimum Gasteiger partial charge on any atom is -0.213 e. The quantitative estimate of drug-likeness (QED) is 0.420. The fraction of sp³-hybridized carbons (Fsp3) is 0.500. The lowest BCUT2D eigenvalue weighted by molar-refractivity contribution is 0.537. The summed E-state index contributed by atoms with van der Waals surface area (Å²) in [6.45, 7) is 1.90. The van der Waals surface area contributed by atoms with E-state index in [4.69, 9.17) is 0 Å². The maximum atomic E-state index is 12.0. The predicted molar refractivity (Wildman–Crippen MR) is 39.0 cm³/mol. The third-order valence-electron chi connectivity index (χ3n) is 1.14. The molecule has 0 N–H and O–H groups in total. The molecule has 0 bridgehead atoms. The molecule has 0 nitrogen and oxygen atoms in total. The van der Waals surface area contributed by atoms with Crippen LogP contribution in [-0.2, 0) is 0 Å². The van der Waals surface area contributed by atoms with Gasteiger partial charge in [-0.05, 0) is 19.8 Å². The summed E-state index contributed by atoms with van der Waals surface area (Å²) in [6, 6.07) is 0. The Kier molecular flexibility index (Phi) is 6.03. The first kappa shape index (κ1) is 9.34. The summed E-state index contributed by atoms with van der Waals surface area (Å²) in [6.07, 6.45) is 5.56. The van der Waals surface area contributed by atoms with Crippen LogP contribution in [0.3, 0.4) is 0 Å². The summed E-state index contributed by atoms with van der Waals surface area (Å²) in [5, 5.41) is 0. The summed E-state index contributed by atoms with van der Waals surface area (Å²) in [7, 11) is 0. The summed E-state index contributed by atoms with van der Waals surface area (Å²) in [5.74, 6) is -0.662. The molecule has 0 aromatic rings. The van der Waals surface area contributed by atoms with Crippen LogP contribution in [-0.4, -0.2) is 0 Å². The molecule has 0 amide bonds. The molecule has 0 saturated carbocycles. The summed E-state index contributed by atoms with van der Waals surface area (Å²) in [5.41, 5.74) is 0. The first-order valence-electron chi connectivity index (χ1n) is 3.37. The molecule has 0 radical (unpaired) electrons. The van der Waals surface area contributed by atoms with E-state index in [0.29, 0.717) is 6.42 Å². The molecule has 0 unspecified atom stereocenters. The van der Waals surface area contributed by atoms with E-state index in [1.54, 1.807) is 0 Å². The molecule has 0 aliphatic carbocycles. The van der Waals surface area contributed by atoms with E-state index in [1.807, 2.05) is 19.1 Å². The van der Waals surface area contributed by atoms with Gasteiger partial charge in [-0.2, -0.15) is 0 Å². The molecule has 58 valence electrons. The Morgan fingerprint density at radius 2 is 2.20 bits per heavy atom. The molecule has 2 heteroatoms. The van der Waals surface area contributed by atoms with Crippen LogP contribution >= 0.6 is 0 Å². The normalized spacial score (nSPS) is 12.9. The average molecular weight is 146 g/mol.